The van der Waals surface area contributed by atoms with Gasteiger partial charge in [0.25, 0.3) is 0 Å². The topological polar surface area (TPSA) is 12.0 Å². The van der Waals surface area contributed by atoms with Crippen LogP contribution in [0.4, 0.5) is 14.5 Å². The lowest BCUT2D eigenvalue weighted by Crippen LogP contribution is -2.25. The normalized spacial score (nSPS) is 19.4. The van der Waals surface area contributed by atoms with Gasteiger partial charge in [-0.1, -0.05) is 49.7 Å². The molecule has 21 heavy (non-hydrogen) atoms. The number of rotatable bonds is 2. The monoisotopic (exact) mass is 307 g/mol. The fourth-order valence-electron chi connectivity index (χ4n) is 3.09. The molecule has 0 spiro atoms. The van der Waals surface area contributed by atoms with Crippen molar-refractivity contribution in [1.82, 2.24) is 0 Å². The SMILES string of the molecule is CC1(C)Cc2ccccc2C1Nc1c(F)cc(F)cc1Cl. The molecule has 3 rings (SSSR count). The van der Waals surface area contributed by atoms with Crippen LogP contribution in [-0.2, 0) is 6.42 Å². The van der Waals surface area contributed by atoms with E-state index in [4.69, 9.17) is 11.6 Å². The second-order valence-corrected chi connectivity index (χ2v) is 6.59. The standard InChI is InChI=1S/C17H16ClF2N/c1-17(2)9-10-5-3-4-6-12(10)16(17)21-15-13(18)7-11(19)8-14(15)20/h3-8,16,21H,9H2,1-2H3. The first-order chi connectivity index (χ1) is 9.88. The molecule has 0 bridgehead atoms. The molecule has 2 aromatic carbocycles. The fourth-order valence-corrected chi connectivity index (χ4v) is 3.34. The van der Waals surface area contributed by atoms with Crippen molar-refractivity contribution >= 4 is 17.3 Å². The third kappa shape index (κ3) is 2.51. The van der Waals surface area contributed by atoms with Gasteiger partial charge in [0.1, 0.15) is 5.82 Å². The van der Waals surface area contributed by atoms with Crippen LogP contribution in [0, 0.1) is 17.0 Å². The van der Waals surface area contributed by atoms with E-state index in [1.807, 2.05) is 18.2 Å². The van der Waals surface area contributed by atoms with Gasteiger partial charge in [-0.15, -0.1) is 0 Å². The Bertz CT molecular complexity index is 674. The van der Waals surface area contributed by atoms with Gasteiger partial charge in [-0.2, -0.15) is 0 Å². The number of anilines is 1. The van der Waals surface area contributed by atoms with Crippen molar-refractivity contribution in [2.24, 2.45) is 5.41 Å². The maximum atomic E-state index is 14.0. The number of halogens is 3. The molecular formula is C17H16ClF2N. The molecule has 0 aliphatic heterocycles. The van der Waals surface area contributed by atoms with Crippen LogP contribution in [0.2, 0.25) is 5.02 Å². The van der Waals surface area contributed by atoms with Gasteiger partial charge in [-0.3, -0.25) is 0 Å². The van der Waals surface area contributed by atoms with Crippen LogP contribution in [0.1, 0.15) is 31.0 Å². The van der Waals surface area contributed by atoms with Gasteiger partial charge >= 0.3 is 0 Å². The number of benzene rings is 2. The minimum absolute atomic E-state index is 0.0627. The first kappa shape index (κ1) is 14.3. The van der Waals surface area contributed by atoms with Gasteiger partial charge in [-0.25, -0.2) is 8.78 Å². The van der Waals surface area contributed by atoms with Gasteiger partial charge in [0, 0.05) is 6.07 Å². The molecule has 1 aliphatic carbocycles. The van der Waals surface area contributed by atoms with Gasteiger partial charge < -0.3 is 5.32 Å². The van der Waals surface area contributed by atoms with Crippen LogP contribution in [0.3, 0.4) is 0 Å². The molecule has 1 unspecified atom stereocenters. The summed E-state index contributed by atoms with van der Waals surface area (Å²) in [5.74, 6) is -1.34. The van der Waals surface area contributed by atoms with E-state index < -0.39 is 11.6 Å². The van der Waals surface area contributed by atoms with Crippen molar-refractivity contribution in [3.05, 3.63) is 64.2 Å². The molecule has 0 saturated carbocycles. The molecule has 4 heteroatoms. The predicted octanol–water partition coefficient (Wildman–Crippen LogP) is 5.35. The first-order valence-electron chi connectivity index (χ1n) is 6.87. The van der Waals surface area contributed by atoms with E-state index in [1.54, 1.807) is 0 Å². The van der Waals surface area contributed by atoms with E-state index in [-0.39, 0.29) is 22.2 Å². The Morgan fingerprint density at radius 1 is 1.19 bits per heavy atom. The lowest BCUT2D eigenvalue weighted by Gasteiger charge is -2.30. The molecule has 110 valence electrons. The Hall–Kier alpha value is -1.61. The molecule has 0 aromatic heterocycles. The van der Waals surface area contributed by atoms with E-state index in [9.17, 15) is 8.78 Å². The third-order valence-electron chi connectivity index (χ3n) is 4.09. The number of nitrogens with one attached hydrogen (secondary N) is 1. The molecule has 0 heterocycles. The minimum atomic E-state index is -0.672. The summed E-state index contributed by atoms with van der Waals surface area (Å²) in [5.41, 5.74) is 2.47. The summed E-state index contributed by atoms with van der Waals surface area (Å²) in [6.45, 7) is 4.25. The van der Waals surface area contributed by atoms with Gasteiger partial charge in [-0.05, 0) is 29.0 Å². The Morgan fingerprint density at radius 3 is 2.62 bits per heavy atom. The van der Waals surface area contributed by atoms with Crippen LogP contribution in [-0.4, -0.2) is 0 Å². The molecule has 1 N–H and O–H groups in total. The van der Waals surface area contributed by atoms with Gasteiger partial charge in [0.2, 0.25) is 0 Å². The maximum Gasteiger partial charge on any atom is 0.150 e. The van der Waals surface area contributed by atoms with Crippen molar-refractivity contribution in [2.45, 2.75) is 26.3 Å². The van der Waals surface area contributed by atoms with E-state index in [2.05, 4.69) is 25.2 Å². The van der Waals surface area contributed by atoms with Crippen molar-refractivity contribution < 1.29 is 8.78 Å². The maximum absolute atomic E-state index is 14.0. The molecule has 1 nitrogen and oxygen atoms in total. The lowest BCUT2D eigenvalue weighted by molar-refractivity contribution is 0.336. The highest BCUT2D eigenvalue weighted by Gasteiger charge is 2.39. The molecule has 0 radical (unpaired) electrons. The second kappa shape index (κ2) is 4.99. The molecule has 0 amide bonds. The second-order valence-electron chi connectivity index (χ2n) is 6.19. The molecule has 0 fully saturated rings. The molecular weight excluding hydrogens is 292 g/mol. The van der Waals surface area contributed by atoms with E-state index in [0.717, 1.165) is 24.1 Å². The van der Waals surface area contributed by atoms with Crippen LogP contribution in [0.15, 0.2) is 36.4 Å². The van der Waals surface area contributed by atoms with Crippen LogP contribution in [0.25, 0.3) is 0 Å². The highest BCUT2D eigenvalue weighted by atomic mass is 35.5. The Labute approximate surface area is 127 Å². The summed E-state index contributed by atoms with van der Waals surface area (Å²) >= 11 is 5.99. The van der Waals surface area contributed by atoms with Gasteiger partial charge in [0.05, 0.1) is 16.8 Å². The highest BCUT2D eigenvalue weighted by molar-refractivity contribution is 6.33. The van der Waals surface area contributed by atoms with Crippen molar-refractivity contribution in [3.8, 4) is 0 Å². The average molecular weight is 308 g/mol. The Morgan fingerprint density at radius 2 is 1.90 bits per heavy atom. The van der Waals surface area contributed by atoms with Crippen LogP contribution >= 0.6 is 11.6 Å². The summed E-state index contributed by atoms with van der Waals surface area (Å²) < 4.78 is 27.2. The number of hydrogen-bond donors (Lipinski definition) is 1. The number of hydrogen-bond acceptors (Lipinski definition) is 1. The zero-order valence-electron chi connectivity index (χ0n) is 11.9. The Balaban J connectivity index is 2.02. The summed E-state index contributed by atoms with van der Waals surface area (Å²) in [6, 6.07) is 10.0. The lowest BCUT2D eigenvalue weighted by atomic mass is 9.85. The first-order valence-corrected chi connectivity index (χ1v) is 7.25. The van der Waals surface area contributed by atoms with Gasteiger partial charge in [0.15, 0.2) is 5.82 Å². The summed E-state index contributed by atoms with van der Waals surface area (Å²) in [7, 11) is 0. The van der Waals surface area contributed by atoms with E-state index in [0.29, 0.717) is 0 Å². The quantitative estimate of drug-likeness (QED) is 0.788. The van der Waals surface area contributed by atoms with E-state index in [1.165, 1.54) is 5.56 Å². The Kier molecular flexibility index (Phi) is 3.40. The zero-order valence-corrected chi connectivity index (χ0v) is 12.6. The predicted molar refractivity (Wildman–Crippen MR) is 81.7 cm³/mol. The highest BCUT2D eigenvalue weighted by Crippen LogP contribution is 2.47. The summed E-state index contributed by atoms with van der Waals surface area (Å²) in [4.78, 5) is 0. The summed E-state index contributed by atoms with van der Waals surface area (Å²) in [6.07, 6.45) is 0.904. The number of fused-ring (bicyclic) bond motifs is 1. The fraction of sp³-hybridized carbons (Fsp3) is 0.294. The average Bonchev–Trinajstić information content (AvgIpc) is 2.63. The van der Waals surface area contributed by atoms with Crippen molar-refractivity contribution in [2.75, 3.05) is 5.32 Å². The smallest absolute Gasteiger partial charge is 0.150 e. The molecule has 0 saturated heterocycles. The molecule has 1 aliphatic rings. The summed E-state index contributed by atoms with van der Waals surface area (Å²) in [5, 5.41) is 3.24. The van der Waals surface area contributed by atoms with E-state index >= 15 is 0 Å². The molecule has 1 atom stereocenters. The minimum Gasteiger partial charge on any atom is -0.374 e. The van der Waals surface area contributed by atoms with Crippen molar-refractivity contribution in [1.29, 1.82) is 0 Å². The largest absolute Gasteiger partial charge is 0.374 e. The molecule has 2 aromatic rings. The third-order valence-corrected chi connectivity index (χ3v) is 4.39. The van der Waals surface area contributed by atoms with Crippen molar-refractivity contribution in [3.63, 3.8) is 0 Å². The zero-order chi connectivity index (χ0) is 15.2. The van der Waals surface area contributed by atoms with Crippen LogP contribution < -0.4 is 5.32 Å². The van der Waals surface area contributed by atoms with Crippen LogP contribution in [0.5, 0.6) is 0 Å².